The Morgan fingerprint density at radius 3 is 2.60 bits per heavy atom. The SMILES string of the molecule is Nc1nc(C2CC2)ncc1C(=O)NCCNc1ccc([N+](=O)[O-])cc1. The molecule has 1 aromatic heterocycles. The third-order valence-electron chi connectivity index (χ3n) is 3.84. The van der Waals surface area contributed by atoms with Crippen LogP contribution in [0.1, 0.15) is 34.9 Å². The highest BCUT2D eigenvalue weighted by molar-refractivity contribution is 5.97. The minimum atomic E-state index is -0.453. The summed E-state index contributed by atoms with van der Waals surface area (Å²) in [5, 5.41) is 16.4. The Bertz CT molecular complexity index is 789. The number of rotatable bonds is 7. The molecule has 3 rings (SSSR count). The van der Waals surface area contributed by atoms with Crippen LogP contribution in [0.2, 0.25) is 0 Å². The number of nitrogens with zero attached hydrogens (tertiary/aromatic N) is 3. The summed E-state index contributed by atoms with van der Waals surface area (Å²) in [4.78, 5) is 30.6. The number of nitro benzene ring substituents is 1. The molecule has 1 aliphatic carbocycles. The number of nitrogens with two attached hydrogens (primary N) is 1. The van der Waals surface area contributed by atoms with Crippen molar-refractivity contribution in [1.29, 1.82) is 0 Å². The van der Waals surface area contributed by atoms with Crippen LogP contribution >= 0.6 is 0 Å². The van der Waals surface area contributed by atoms with Crippen molar-refractivity contribution in [3.63, 3.8) is 0 Å². The minimum absolute atomic E-state index is 0.0315. The molecular weight excluding hydrogens is 324 g/mol. The van der Waals surface area contributed by atoms with Crippen LogP contribution in [0, 0.1) is 10.1 Å². The molecule has 1 heterocycles. The molecule has 0 bridgehead atoms. The number of hydrogen-bond acceptors (Lipinski definition) is 7. The lowest BCUT2D eigenvalue weighted by Crippen LogP contribution is -2.29. The van der Waals surface area contributed by atoms with Crippen molar-refractivity contribution < 1.29 is 9.72 Å². The average Bonchev–Trinajstić information content (AvgIpc) is 3.44. The zero-order valence-corrected chi connectivity index (χ0v) is 13.4. The third kappa shape index (κ3) is 4.19. The van der Waals surface area contributed by atoms with E-state index in [1.807, 2.05) is 0 Å². The van der Waals surface area contributed by atoms with Crippen molar-refractivity contribution in [2.24, 2.45) is 0 Å². The van der Waals surface area contributed by atoms with E-state index >= 15 is 0 Å². The molecular formula is C16H18N6O3. The van der Waals surface area contributed by atoms with Crippen LogP contribution in [0.3, 0.4) is 0 Å². The van der Waals surface area contributed by atoms with Gasteiger partial charge in [-0.1, -0.05) is 0 Å². The molecule has 9 heteroatoms. The highest BCUT2D eigenvalue weighted by Crippen LogP contribution is 2.38. The molecule has 1 aliphatic rings. The summed E-state index contributed by atoms with van der Waals surface area (Å²) in [6.07, 6.45) is 3.60. The second kappa shape index (κ2) is 7.12. The highest BCUT2D eigenvalue weighted by atomic mass is 16.6. The topological polar surface area (TPSA) is 136 Å². The molecule has 1 saturated carbocycles. The van der Waals surface area contributed by atoms with Crippen molar-refractivity contribution in [2.75, 3.05) is 24.1 Å². The van der Waals surface area contributed by atoms with Crippen molar-refractivity contribution in [3.8, 4) is 0 Å². The first-order valence-corrected chi connectivity index (χ1v) is 7.93. The van der Waals surface area contributed by atoms with Gasteiger partial charge in [-0.3, -0.25) is 14.9 Å². The number of carbonyl (C=O) groups is 1. The maximum absolute atomic E-state index is 12.1. The summed E-state index contributed by atoms with van der Waals surface area (Å²) in [6, 6.07) is 6.06. The number of nitrogen functional groups attached to an aromatic ring is 1. The first-order valence-electron chi connectivity index (χ1n) is 7.93. The maximum Gasteiger partial charge on any atom is 0.269 e. The van der Waals surface area contributed by atoms with Crippen molar-refractivity contribution in [1.82, 2.24) is 15.3 Å². The lowest BCUT2D eigenvalue weighted by molar-refractivity contribution is -0.384. The van der Waals surface area contributed by atoms with Gasteiger partial charge in [-0.25, -0.2) is 9.97 Å². The molecule has 0 radical (unpaired) electrons. The molecule has 1 aromatic carbocycles. The summed E-state index contributed by atoms with van der Waals surface area (Å²) in [7, 11) is 0. The van der Waals surface area contributed by atoms with Crippen LogP contribution in [-0.2, 0) is 0 Å². The molecule has 0 saturated heterocycles. The van der Waals surface area contributed by atoms with E-state index < -0.39 is 4.92 Å². The lowest BCUT2D eigenvalue weighted by Gasteiger charge is -2.09. The minimum Gasteiger partial charge on any atom is -0.383 e. The number of nitrogens with one attached hydrogen (secondary N) is 2. The number of hydrogen-bond donors (Lipinski definition) is 3. The predicted molar refractivity (Wildman–Crippen MR) is 92.3 cm³/mol. The summed E-state index contributed by atoms with van der Waals surface area (Å²) in [6.45, 7) is 0.824. The Labute approximate surface area is 143 Å². The Balaban J connectivity index is 1.47. The molecule has 2 aromatic rings. The van der Waals surface area contributed by atoms with Crippen LogP contribution < -0.4 is 16.4 Å². The van der Waals surface area contributed by atoms with E-state index in [9.17, 15) is 14.9 Å². The second-order valence-electron chi connectivity index (χ2n) is 5.79. The van der Waals surface area contributed by atoms with Gasteiger partial charge in [0.1, 0.15) is 11.6 Å². The normalized spacial score (nSPS) is 13.3. The van der Waals surface area contributed by atoms with Gasteiger partial charge in [-0.2, -0.15) is 0 Å². The standard InChI is InChI=1S/C16H18N6O3/c17-14-13(9-20-15(21-14)10-1-2-10)16(23)19-8-7-18-11-3-5-12(6-4-11)22(24)25/h3-6,9-10,18H,1-2,7-8H2,(H,19,23)(H2,17,20,21). The monoisotopic (exact) mass is 342 g/mol. The van der Waals surface area contributed by atoms with Gasteiger partial charge in [0.15, 0.2) is 0 Å². The molecule has 0 spiro atoms. The van der Waals surface area contributed by atoms with Crippen LogP contribution in [0.5, 0.6) is 0 Å². The Morgan fingerprint density at radius 2 is 2.00 bits per heavy atom. The molecule has 1 fully saturated rings. The molecule has 0 unspecified atom stereocenters. The average molecular weight is 342 g/mol. The number of aromatic nitrogens is 2. The predicted octanol–water partition coefficient (Wildman–Crippen LogP) is 1.69. The van der Waals surface area contributed by atoms with Crippen molar-refractivity contribution in [3.05, 3.63) is 52.0 Å². The fourth-order valence-electron chi connectivity index (χ4n) is 2.30. The van der Waals surface area contributed by atoms with Crippen LogP contribution in [-0.4, -0.2) is 33.9 Å². The quantitative estimate of drug-likeness (QED) is 0.395. The molecule has 1 amide bonds. The highest BCUT2D eigenvalue weighted by Gasteiger charge is 2.27. The van der Waals surface area contributed by atoms with Crippen LogP contribution in [0.4, 0.5) is 17.2 Å². The van der Waals surface area contributed by atoms with Crippen LogP contribution in [0.15, 0.2) is 30.5 Å². The number of non-ortho nitro benzene ring substituents is 1. The van der Waals surface area contributed by atoms with Gasteiger partial charge in [0, 0.05) is 43.0 Å². The fourth-order valence-corrected chi connectivity index (χ4v) is 2.30. The zero-order chi connectivity index (χ0) is 17.8. The molecule has 4 N–H and O–H groups in total. The Hall–Kier alpha value is -3.23. The van der Waals surface area contributed by atoms with Gasteiger partial charge in [-0.05, 0) is 25.0 Å². The van der Waals surface area contributed by atoms with Gasteiger partial charge in [0.2, 0.25) is 0 Å². The lowest BCUT2D eigenvalue weighted by atomic mass is 10.2. The Morgan fingerprint density at radius 1 is 1.28 bits per heavy atom. The van der Waals surface area contributed by atoms with Gasteiger partial charge in [0.25, 0.3) is 11.6 Å². The number of benzene rings is 1. The first-order chi connectivity index (χ1) is 12.0. The Kier molecular flexibility index (Phi) is 4.73. The maximum atomic E-state index is 12.1. The van der Waals surface area contributed by atoms with E-state index in [0.717, 1.165) is 18.5 Å². The van der Waals surface area contributed by atoms with E-state index in [1.54, 1.807) is 12.1 Å². The number of anilines is 2. The second-order valence-corrected chi connectivity index (χ2v) is 5.79. The molecule has 0 atom stereocenters. The summed E-state index contributed by atoms with van der Waals surface area (Å²) >= 11 is 0. The van der Waals surface area contributed by atoms with E-state index in [2.05, 4.69) is 20.6 Å². The fraction of sp³-hybridized carbons (Fsp3) is 0.312. The largest absolute Gasteiger partial charge is 0.383 e. The van der Waals surface area contributed by atoms with E-state index in [1.165, 1.54) is 18.3 Å². The van der Waals surface area contributed by atoms with Crippen molar-refractivity contribution in [2.45, 2.75) is 18.8 Å². The van der Waals surface area contributed by atoms with Gasteiger partial charge < -0.3 is 16.4 Å². The first kappa shape index (κ1) is 16.6. The summed E-state index contributed by atoms with van der Waals surface area (Å²) in [5.41, 5.74) is 6.87. The van der Waals surface area contributed by atoms with Crippen LogP contribution in [0.25, 0.3) is 0 Å². The third-order valence-corrected chi connectivity index (χ3v) is 3.84. The zero-order valence-electron chi connectivity index (χ0n) is 13.4. The van der Waals surface area contributed by atoms with Gasteiger partial charge in [0.05, 0.1) is 10.5 Å². The summed E-state index contributed by atoms with van der Waals surface area (Å²) < 4.78 is 0. The van der Waals surface area contributed by atoms with E-state index in [-0.39, 0.29) is 23.0 Å². The number of nitro groups is 1. The molecule has 130 valence electrons. The van der Waals surface area contributed by atoms with Crippen molar-refractivity contribution >= 4 is 23.1 Å². The molecule has 25 heavy (non-hydrogen) atoms. The number of carbonyl (C=O) groups excluding carboxylic acids is 1. The smallest absolute Gasteiger partial charge is 0.269 e. The van der Waals surface area contributed by atoms with E-state index in [4.69, 9.17) is 5.73 Å². The summed E-state index contributed by atoms with van der Waals surface area (Å²) in [5.74, 6) is 0.947. The van der Waals surface area contributed by atoms with E-state index in [0.29, 0.717) is 24.8 Å². The molecule has 0 aliphatic heterocycles. The molecule has 9 nitrogen and oxygen atoms in total. The van der Waals surface area contributed by atoms with Gasteiger partial charge in [-0.15, -0.1) is 0 Å². The van der Waals surface area contributed by atoms with Gasteiger partial charge >= 0.3 is 0 Å². The number of amides is 1.